The van der Waals surface area contributed by atoms with E-state index in [2.05, 4.69) is 0 Å². The van der Waals surface area contributed by atoms with Crippen molar-refractivity contribution in [2.24, 2.45) is 0 Å². The fraction of sp³-hybridized carbons (Fsp3) is 0.600. The van der Waals surface area contributed by atoms with Crippen LogP contribution in [0.3, 0.4) is 0 Å². The Balaban J connectivity index is 2.17. The molecule has 106 valence electrons. The quantitative estimate of drug-likeness (QED) is 0.881. The van der Waals surface area contributed by atoms with Crippen molar-refractivity contribution in [1.82, 2.24) is 0 Å². The molecule has 0 spiro atoms. The van der Waals surface area contributed by atoms with Gasteiger partial charge in [-0.1, -0.05) is 42.1 Å². The van der Waals surface area contributed by atoms with Crippen molar-refractivity contribution < 1.29 is 9.84 Å². The van der Waals surface area contributed by atoms with E-state index in [1.165, 1.54) is 0 Å². The molecule has 0 aromatic heterocycles. The first-order chi connectivity index (χ1) is 9.09. The van der Waals surface area contributed by atoms with Gasteiger partial charge in [-0.2, -0.15) is 0 Å². The fourth-order valence-electron chi connectivity index (χ4n) is 2.94. The molecule has 1 aliphatic rings. The number of aliphatic hydroxyl groups is 1. The molecule has 0 amide bonds. The largest absolute Gasteiger partial charge is 0.390 e. The Kier molecular flexibility index (Phi) is 5.13. The van der Waals surface area contributed by atoms with E-state index >= 15 is 0 Å². The van der Waals surface area contributed by atoms with Crippen molar-refractivity contribution in [3.63, 3.8) is 0 Å². The monoisotopic (exact) mass is 302 g/mol. The van der Waals surface area contributed by atoms with Gasteiger partial charge in [0.15, 0.2) is 0 Å². The van der Waals surface area contributed by atoms with Gasteiger partial charge in [-0.3, -0.25) is 0 Å². The van der Waals surface area contributed by atoms with Crippen molar-refractivity contribution >= 4 is 23.2 Å². The van der Waals surface area contributed by atoms with Gasteiger partial charge in [-0.25, -0.2) is 0 Å². The highest BCUT2D eigenvalue weighted by molar-refractivity contribution is 6.36. The molecule has 1 aromatic carbocycles. The average Bonchev–Trinajstić information content (AvgIpc) is 2.84. The van der Waals surface area contributed by atoms with E-state index in [1.807, 2.05) is 13.0 Å². The van der Waals surface area contributed by atoms with E-state index in [9.17, 15) is 5.11 Å². The van der Waals surface area contributed by atoms with Crippen molar-refractivity contribution in [3.05, 3.63) is 33.8 Å². The summed E-state index contributed by atoms with van der Waals surface area (Å²) < 4.78 is 5.87. The lowest BCUT2D eigenvalue weighted by Crippen LogP contribution is -2.43. The van der Waals surface area contributed by atoms with Gasteiger partial charge in [0.1, 0.15) is 0 Å². The first kappa shape index (κ1) is 15.1. The minimum atomic E-state index is -0.563. The molecular formula is C15H20Cl2O2. The van der Waals surface area contributed by atoms with Crippen LogP contribution in [0.1, 0.15) is 38.2 Å². The minimum Gasteiger partial charge on any atom is -0.390 e. The van der Waals surface area contributed by atoms with E-state index in [0.717, 1.165) is 31.2 Å². The third-order valence-electron chi connectivity index (χ3n) is 3.95. The van der Waals surface area contributed by atoms with Gasteiger partial charge in [-0.05, 0) is 37.5 Å². The van der Waals surface area contributed by atoms with Gasteiger partial charge in [0.2, 0.25) is 0 Å². The lowest BCUT2D eigenvalue weighted by atomic mass is 9.89. The Morgan fingerprint density at radius 3 is 2.37 bits per heavy atom. The molecule has 0 saturated heterocycles. The lowest BCUT2D eigenvalue weighted by Gasteiger charge is -2.34. The molecule has 1 aromatic rings. The van der Waals surface area contributed by atoms with Crippen LogP contribution in [0.15, 0.2) is 18.2 Å². The Morgan fingerprint density at radius 1 is 1.26 bits per heavy atom. The molecule has 1 aliphatic carbocycles. The summed E-state index contributed by atoms with van der Waals surface area (Å²) in [6.07, 6.45) is 3.90. The maximum absolute atomic E-state index is 10.6. The second-order valence-corrected chi connectivity index (χ2v) is 5.94. The Hall–Kier alpha value is -0.280. The molecule has 19 heavy (non-hydrogen) atoms. The second-order valence-electron chi connectivity index (χ2n) is 5.13. The van der Waals surface area contributed by atoms with E-state index < -0.39 is 11.7 Å². The molecule has 0 aliphatic heterocycles. The molecule has 1 saturated carbocycles. The normalized spacial score (nSPS) is 19.6. The predicted molar refractivity (Wildman–Crippen MR) is 79.0 cm³/mol. The zero-order valence-corrected chi connectivity index (χ0v) is 12.7. The summed E-state index contributed by atoms with van der Waals surface area (Å²) in [4.78, 5) is 0. The zero-order valence-electron chi connectivity index (χ0n) is 11.2. The van der Waals surface area contributed by atoms with Crippen LogP contribution >= 0.6 is 23.2 Å². The van der Waals surface area contributed by atoms with Gasteiger partial charge in [0, 0.05) is 23.1 Å². The Labute approximate surface area is 124 Å². The first-order valence-corrected chi connectivity index (χ1v) is 7.59. The van der Waals surface area contributed by atoms with Gasteiger partial charge in [0.05, 0.1) is 11.7 Å². The maximum Gasteiger partial charge on any atom is 0.0943 e. The third kappa shape index (κ3) is 3.25. The number of aliphatic hydroxyl groups excluding tert-OH is 1. The molecular weight excluding hydrogens is 283 g/mol. The summed E-state index contributed by atoms with van der Waals surface area (Å²) in [5.74, 6) is 0. The number of hydrogen-bond acceptors (Lipinski definition) is 2. The Bertz CT molecular complexity index is 408. The van der Waals surface area contributed by atoms with E-state index in [4.69, 9.17) is 27.9 Å². The van der Waals surface area contributed by atoms with Gasteiger partial charge in [-0.15, -0.1) is 0 Å². The van der Waals surface area contributed by atoms with Crippen LogP contribution < -0.4 is 0 Å². The molecule has 1 fully saturated rings. The second kappa shape index (κ2) is 6.45. The van der Waals surface area contributed by atoms with Gasteiger partial charge in [0.25, 0.3) is 0 Å². The number of ether oxygens (including phenoxy) is 1. The third-order valence-corrected chi connectivity index (χ3v) is 4.66. The average molecular weight is 303 g/mol. The van der Waals surface area contributed by atoms with E-state index in [0.29, 0.717) is 23.1 Å². The smallest absolute Gasteiger partial charge is 0.0943 e. The summed E-state index contributed by atoms with van der Waals surface area (Å²) in [7, 11) is 0. The van der Waals surface area contributed by atoms with Crippen LogP contribution in [0.4, 0.5) is 0 Å². The summed E-state index contributed by atoms with van der Waals surface area (Å²) in [5.41, 5.74) is 0.390. The van der Waals surface area contributed by atoms with Crippen LogP contribution in [-0.2, 0) is 11.2 Å². The topological polar surface area (TPSA) is 29.5 Å². The maximum atomic E-state index is 10.6. The molecule has 1 unspecified atom stereocenters. The van der Waals surface area contributed by atoms with Crippen LogP contribution in [0, 0.1) is 0 Å². The predicted octanol–water partition coefficient (Wildman–Crippen LogP) is 4.25. The molecule has 1 atom stereocenters. The van der Waals surface area contributed by atoms with Gasteiger partial charge < -0.3 is 9.84 Å². The molecule has 2 rings (SSSR count). The Morgan fingerprint density at radius 2 is 1.84 bits per heavy atom. The van der Waals surface area contributed by atoms with Crippen molar-refractivity contribution in [3.8, 4) is 0 Å². The van der Waals surface area contributed by atoms with Gasteiger partial charge >= 0.3 is 0 Å². The molecule has 0 heterocycles. The van der Waals surface area contributed by atoms with E-state index in [-0.39, 0.29) is 0 Å². The molecule has 0 bridgehead atoms. The first-order valence-electron chi connectivity index (χ1n) is 6.84. The molecule has 4 heteroatoms. The van der Waals surface area contributed by atoms with Crippen LogP contribution in [-0.4, -0.2) is 23.4 Å². The molecule has 2 nitrogen and oxygen atoms in total. The lowest BCUT2D eigenvalue weighted by molar-refractivity contribution is -0.115. The van der Waals surface area contributed by atoms with Crippen molar-refractivity contribution in [2.45, 2.75) is 50.7 Å². The fourth-order valence-corrected chi connectivity index (χ4v) is 3.49. The molecule has 0 radical (unpaired) electrons. The summed E-state index contributed by atoms with van der Waals surface area (Å²) in [6.45, 7) is 2.59. The van der Waals surface area contributed by atoms with Crippen LogP contribution in [0.25, 0.3) is 0 Å². The minimum absolute atomic E-state index is 0.419. The number of hydrogen-bond donors (Lipinski definition) is 1. The highest BCUT2D eigenvalue weighted by Crippen LogP contribution is 2.38. The summed E-state index contributed by atoms with van der Waals surface area (Å²) in [5, 5.41) is 11.8. The summed E-state index contributed by atoms with van der Waals surface area (Å²) >= 11 is 12.3. The number of halogens is 2. The zero-order chi connectivity index (χ0) is 13.9. The summed E-state index contributed by atoms with van der Waals surface area (Å²) in [6, 6.07) is 5.42. The number of rotatable bonds is 5. The SMILES string of the molecule is CCOC1(C(O)Cc2c(Cl)cccc2Cl)CCCC1. The molecule has 1 N–H and O–H groups in total. The van der Waals surface area contributed by atoms with Crippen LogP contribution in [0.2, 0.25) is 10.0 Å². The standard InChI is InChI=1S/C15H20Cl2O2/c1-2-19-15(8-3-4-9-15)14(18)10-11-12(16)6-5-7-13(11)17/h5-7,14,18H,2-4,8-10H2,1H3. The van der Waals surface area contributed by atoms with Crippen LogP contribution in [0.5, 0.6) is 0 Å². The van der Waals surface area contributed by atoms with Crippen molar-refractivity contribution in [1.29, 1.82) is 0 Å². The highest BCUT2D eigenvalue weighted by Gasteiger charge is 2.41. The highest BCUT2D eigenvalue weighted by atomic mass is 35.5. The van der Waals surface area contributed by atoms with E-state index in [1.54, 1.807) is 12.1 Å². The number of benzene rings is 1. The van der Waals surface area contributed by atoms with Crippen molar-refractivity contribution in [2.75, 3.05) is 6.61 Å².